The number of carbonyl (C=O) groups is 2. The van der Waals surface area contributed by atoms with Gasteiger partial charge in [0.05, 0.1) is 30.5 Å². The Morgan fingerprint density at radius 1 is 1.06 bits per heavy atom. The number of rotatable bonds is 5. The number of anilines is 3. The third kappa shape index (κ3) is 3.35. The molecule has 176 valence electrons. The summed E-state index contributed by atoms with van der Waals surface area (Å²) in [6.07, 6.45) is -0.733. The van der Waals surface area contributed by atoms with Crippen LogP contribution in [-0.2, 0) is 21.7 Å². The number of imide groups is 1. The van der Waals surface area contributed by atoms with Crippen LogP contribution in [0.15, 0.2) is 71.3 Å². The maximum absolute atomic E-state index is 12.4. The maximum atomic E-state index is 12.4. The zero-order valence-corrected chi connectivity index (χ0v) is 19.1. The summed E-state index contributed by atoms with van der Waals surface area (Å²) in [6, 6.07) is 21.3. The Kier molecular flexibility index (Phi) is 4.67. The van der Waals surface area contributed by atoms with Gasteiger partial charge in [-0.3, -0.25) is 10.1 Å². The number of benzene rings is 3. The van der Waals surface area contributed by atoms with Crippen molar-refractivity contribution in [2.24, 2.45) is 0 Å². The van der Waals surface area contributed by atoms with Gasteiger partial charge in [-0.2, -0.15) is 0 Å². The highest BCUT2D eigenvalue weighted by Crippen LogP contribution is 2.43. The first-order valence-electron chi connectivity index (χ1n) is 11.1. The first-order valence-corrected chi connectivity index (χ1v) is 11.1. The van der Waals surface area contributed by atoms with Gasteiger partial charge in [-0.05, 0) is 48.9 Å². The monoisotopic (exact) mass is 470 g/mol. The summed E-state index contributed by atoms with van der Waals surface area (Å²) in [5, 5.41) is 7.44. The largest absolute Gasteiger partial charge is 0.497 e. The standard InChI is InChI=1S/C26H22N4O5/c1-26(24(31)27-25(32)34-26)17-7-5-6-16(12-17)14-29-15-30(21-9-4-3-8-20(21)29)23-19-13-18(33-2)10-11-22(19)35-28-23/h3-13H,14-15H2,1-2H3,(H,27,31,32). The summed E-state index contributed by atoms with van der Waals surface area (Å²) in [7, 11) is 1.63. The molecule has 6 rings (SSSR count). The van der Waals surface area contributed by atoms with Crippen molar-refractivity contribution in [2.45, 2.75) is 19.1 Å². The predicted molar refractivity (Wildman–Crippen MR) is 129 cm³/mol. The van der Waals surface area contributed by atoms with E-state index in [1.54, 1.807) is 20.1 Å². The van der Waals surface area contributed by atoms with E-state index in [0.29, 0.717) is 30.2 Å². The molecule has 2 aliphatic heterocycles. The number of cyclic esters (lactones) is 1. The number of aromatic nitrogens is 1. The average molecular weight is 470 g/mol. The number of hydrogen-bond acceptors (Lipinski definition) is 8. The molecule has 0 spiro atoms. The van der Waals surface area contributed by atoms with E-state index >= 15 is 0 Å². The molecule has 35 heavy (non-hydrogen) atoms. The number of amides is 2. The van der Waals surface area contributed by atoms with Gasteiger partial charge in [0.1, 0.15) is 5.75 Å². The number of carbonyl (C=O) groups excluding carboxylic acids is 2. The second-order valence-electron chi connectivity index (χ2n) is 8.70. The van der Waals surface area contributed by atoms with Crippen LogP contribution >= 0.6 is 0 Å². The molecule has 0 aliphatic carbocycles. The fraction of sp³-hybridized carbons (Fsp3) is 0.192. The lowest BCUT2D eigenvalue weighted by Crippen LogP contribution is -2.33. The average Bonchev–Trinajstić information content (AvgIpc) is 3.52. The summed E-state index contributed by atoms with van der Waals surface area (Å²) in [5.41, 5.74) is 2.99. The molecule has 0 bridgehead atoms. The van der Waals surface area contributed by atoms with Crippen LogP contribution < -0.4 is 19.9 Å². The molecule has 1 saturated heterocycles. The molecule has 0 saturated carbocycles. The third-order valence-corrected chi connectivity index (χ3v) is 6.54. The highest BCUT2D eigenvalue weighted by atomic mass is 16.6. The molecule has 1 fully saturated rings. The smallest absolute Gasteiger partial charge is 0.415 e. The van der Waals surface area contributed by atoms with Crippen molar-refractivity contribution < 1.29 is 23.6 Å². The van der Waals surface area contributed by atoms with E-state index < -0.39 is 17.6 Å². The number of ether oxygens (including phenoxy) is 2. The minimum atomic E-state index is -1.35. The molecule has 3 aromatic carbocycles. The topological polar surface area (TPSA) is 97.1 Å². The summed E-state index contributed by atoms with van der Waals surface area (Å²) in [5.74, 6) is 0.976. The summed E-state index contributed by atoms with van der Waals surface area (Å²) >= 11 is 0. The molecule has 9 heteroatoms. The molecule has 3 heterocycles. The summed E-state index contributed by atoms with van der Waals surface area (Å²) in [6.45, 7) is 2.73. The van der Waals surface area contributed by atoms with Crippen LogP contribution in [0.5, 0.6) is 5.75 Å². The molecule has 0 radical (unpaired) electrons. The van der Waals surface area contributed by atoms with E-state index in [0.717, 1.165) is 28.1 Å². The van der Waals surface area contributed by atoms with Crippen molar-refractivity contribution in [2.75, 3.05) is 23.6 Å². The van der Waals surface area contributed by atoms with Gasteiger partial charge in [0.15, 0.2) is 11.4 Å². The first-order chi connectivity index (χ1) is 17.0. The molecule has 4 aromatic rings. The maximum Gasteiger partial charge on any atom is 0.415 e. The van der Waals surface area contributed by atoms with Crippen molar-refractivity contribution >= 4 is 40.2 Å². The molecule has 9 nitrogen and oxygen atoms in total. The van der Waals surface area contributed by atoms with E-state index in [-0.39, 0.29) is 0 Å². The molecular weight excluding hydrogens is 448 g/mol. The number of methoxy groups -OCH3 is 1. The molecular formula is C26H22N4O5. The van der Waals surface area contributed by atoms with Crippen LogP contribution in [-0.4, -0.2) is 30.9 Å². The number of nitrogens with one attached hydrogen (secondary N) is 1. The minimum absolute atomic E-state index is 0.467. The van der Waals surface area contributed by atoms with Crippen molar-refractivity contribution in [1.82, 2.24) is 10.5 Å². The predicted octanol–water partition coefficient (Wildman–Crippen LogP) is 4.43. The molecule has 1 aromatic heterocycles. The third-order valence-electron chi connectivity index (χ3n) is 6.54. The highest BCUT2D eigenvalue weighted by Gasteiger charge is 2.46. The van der Waals surface area contributed by atoms with Gasteiger partial charge in [-0.1, -0.05) is 35.5 Å². The Balaban J connectivity index is 1.33. The van der Waals surface area contributed by atoms with Gasteiger partial charge >= 0.3 is 6.09 Å². The Bertz CT molecular complexity index is 1480. The van der Waals surface area contributed by atoms with Gasteiger partial charge in [0, 0.05) is 12.1 Å². The van der Waals surface area contributed by atoms with Crippen molar-refractivity contribution in [3.8, 4) is 5.75 Å². The first kappa shape index (κ1) is 21.0. The Morgan fingerprint density at radius 3 is 2.66 bits per heavy atom. The second-order valence-corrected chi connectivity index (χ2v) is 8.70. The van der Waals surface area contributed by atoms with Crippen molar-refractivity contribution in [3.05, 3.63) is 77.9 Å². The van der Waals surface area contributed by atoms with E-state index in [4.69, 9.17) is 14.0 Å². The lowest BCUT2D eigenvalue weighted by atomic mass is 9.94. The van der Waals surface area contributed by atoms with Gasteiger partial charge in [-0.25, -0.2) is 4.79 Å². The number of alkyl carbamates (subject to hydrolysis) is 1. The van der Waals surface area contributed by atoms with Gasteiger partial charge in [0.25, 0.3) is 5.91 Å². The minimum Gasteiger partial charge on any atom is -0.497 e. The quantitative estimate of drug-likeness (QED) is 0.458. The van der Waals surface area contributed by atoms with E-state index in [2.05, 4.69) is 32.4 Å². The normalized spacial score (nSPS) is 19.1. The van der Waals surface area contributed by atoms with Crippen LogP contribution in [0.3, 0.4) is 0 Å². The zero-order chi connectivity index (χ0) is 24.2. The van der Waals surface area contributed by atoms with Crippen LogP contribution in [0.1, 0.15) is 18.1 Å². The van der Waals surface area contributed by atoms with Crippen LogP contribution in [0.2, 0.25) is 0 Å². The second kappa shape index (κ2) is 7.76. The number of nitrogens with zero attached hydrogens (tertiary/aromatic N) is 3. The molecule has 1 unspecified atom stereocenters. The van der Waals surface area contributed by atoms with E-state index in [1.165, 1.54) is 0 Å². The lowest BCUT2D eigenvalue weighted by Gasteiger charge is -2.23. The molecule has 2 amide bonds. The number of fused-ring (bicyclic) bond motifs is 2. The van der Waals surface area contributed by atoms with Gasteiger partial charge in [0.2, 0.25) is 5.60 Å². The molecule has 1 atom stereocenters. The summed E-state index contributed by atoms with van der Waals surface area (Å²) in [4.78, 5) is 28.3. The Labute approximate surface area is 200 Å². The number of para-hydroxylation sites is 2. The fourth-order valence-corrected chi connectivity index (χ4v) is 4.67. The lowest BCUT2D eigenvalue weighted by molar-refractivity contribution is -0.130. The fourth-order valence-electron chi connectivity index (χ4n) is 4.67. The Hall–Kier alpha value is -4.53. The SMILES string of the molecule is COc1ccc2onc(N3CN(Cc4cccc(C5(C)OC(=O)NC5=O)c4)c4ccccc43)c2c1. The number of hydrogen-bond donors (Lipinski definition) is 1. The van der Waals surface area contributed by atoms with Crippen LogP contribution in [0, 0.1) is 0 Å². The van der Waals surface area contributed by atoms with Crippen molar-refractivity contribution in [3.63, 3.8) is 0 Å². The van der Waals surface area contributed by atoms with Crippen LogP contribution in [0.25, 0.3) is 11.0 Å². The zero-order valence-electron chi connectivity index (χ0n) is 19.1. The van der Waals surface area contributed by atoms with E-state index in [1.807, 2.05) is 48.5 Å². The summed E-state index contributed by atoms with van der Waals surface area (Å²) < 4.78 is 16.3. The molecule has 1 N–H and O–H groups in total. The highest BCUT2D eigenvalue weighted by molar-refractivity contribution is 6.03. The Morgan fingerprint density at radius 2 is 1.89 bits per heavy atom. The van der Waals surface area contributed by atoms with E-state index in [9.17, 15) is 9.59 Å². The van der Waals surface area contributed by atoms with Gasteiger partial charge in [-0.15, -0.1) is 0 Å². The van der Waals surface area contributed by atoms with Crippen molar-refractivity contribution in [1.29, 1.82) is 0 Å². The van der Waals surface area contributed by atoms with Gasteiger partial charge < -0.3 is 23.8 Å². The molecule has 2 aliphatic rings. The van der Waals surface area contributed by atoms with Crippen LogP contribution in [0.4, 0.5) is 22.0 Å².